The van der Waals surface area contributed by atoms with E-state index >= 15 is 0 Å². The lowest BCUT2D eigenvalue weighted by Crippen LogP contribution is -2.29. The van der Waals surface area contributed by atoms with E-state index in [-0.39, 0.29) is 4.90 Å². The summed E-state index contributed by atoms with van der Waals surface area (Å²) in [5.74, 6) is 0. The fraction of sp³-hybridized carbons (Fsp3) is 0.200. The Labute approximate surface area is 96.2 Å². The number of rotatable bonds is 1. The molecule has 0 saturated heterocycles. The number of fused-ring (bicyclic) bond motifs is 1. The molecule has 0 radical (unpaired) electrons. The predicted octanol–water partition coefficient (Wildman–Crippen LogP) is -0.0717. The maximum absolute atomic E-state index is 11.5. The normalized spacial score (nSPS) is 11.9. The Bertz CT molecular complexity index is 814. The Morgan fingerprint density at radius 3 is 1.94 bits per heavy atom. The van der Waals surface area contributed by atoms with Gasteiger partial charge in [-0.15, -0.1) is 0 Å². The molecule has 0 bridgehead atoms. The molecule has 0 atom stereocenters. The molecule has 0 aliphatic carbocycles. The van der Waals surface area contributed by atoms with E-state index in [1.165, 1.54) is 12.1 Å². The van der Waals surface area contributed by atoms with Crippen molar-refractivity contribution in [2.24, 2.45) is 0 Å². The van der Waals surface area contributed by atoms with Crippen LogP contribution in [0, 0.1) is 6.92 Å². The standard InChI is InChI=1S/C10H10N2O4S/c1-5-3-6-7(4-8(5)17(2,15)16)12-10(14)9(13)11-6/h3-4H,1-2H3,(H,11,13)(H,12,14). The molecule has 0 amide bonds. The zero-order valence-electron chi connectivity index (χ0n) is 9.20. The monoisotopic (exact) mass is 254 g/mol. The van der Waals surface area contributed by atoms with Crippen molar-refractivity contribution in [3.8, 4) is 0 Å². The lowest BCUT2D eigenvalue weighted by atomic mass is 10.2. The molecular weight excluding hydrogens is 244 g/mol. The number of aromatic nitrogens is 2. The highest BCUT2D eigenvalue weighted by Crippen LogP contribution is 2.19. The molecule has 0 fully saturated rings. The van der Waals surface area contributed by atoms with E-state index < -0.39 is 21.0 Å². The minimum absolute atomic E-state index is 0.132. The van der Waals surface area contributed by atoms with Crippen LogP contribution in [-0.4, -0.2) is 24.6 Å². The molecule has 2 rings (SSSR count). The quantitative estimate of drug-likeness (QED) is 0.695. The zero-order valence-corrected chi connectivity index (χ0v) is 10.0. The molecule has 6 nitrogen and oxygen atoms in total. The van der Waals surface area contributed by atoms with Crippen LogP contribution in [0.1, 0.15) is 5.56 Å². The van der Waals surface area contributed by atoms with Crippen molar-refractivity contribution < 1.29 is 8.42 Å². The molecule has 0 unspecified atom stereocenters. The third-order valence-electron chi connectivity index (χ3n) is 2.42. The minimum Gasteiger partial charge on any atom is -0.316 e. The van der Waals surface area contributed by atoms with Gasteiger partial charge in [-0.25, -0.2) is 8.42 Å². The molecule has 7 heteroatoms. The van der Waals surface area contributed by atoms with Gasteiger partial charge in [-0.3, -0.25) is 9.59 Å². The van der Waals surface area contributed by atoms with Crippen LogP contribution in [0.5, 0.6) is 0 Å². The van der Waals surface area contributed by atoms with Crippen LogP contribution in [0.3, 0.4) is 0 Å². The van der Waals surface area contributed by atoms with Gasteiger partial charge in [0.1, 0.15) is 0 Å². The average Bonchev–Trinajstić information content (AvgIpc) is 2.18. The highest BCUT2D eigenvalue weighted by molar-refractivity contribution is 7.90. The summed E-state index contributed by atoms with van der Waals surface area (Å²) in [5, 5.41) is 0. The molecule has 0 saturated carbocycles. The molecule has 17 heavy (non-hydrogen) atoms. The Morgan fingerprint density at radius 1 is 1.00 bits per heavy atom. The van der Waals surface area contributed by atoms with Crippen LogP contribution in [0.2, 0.25) is 0 Å². The van der Waals surface area contributed by atoms with E-state index in [1.807, 2.05) is 0 Å². The van der Waals surface area contributed by atoms with Crippen molar-refractivity contribution in [3.63, 3.8) is 0 Å². The second-order valence-electron chi connectivity index (χ2n) is 3.84. The number of aryl methyl sites for hydroxylation is 1. The van der Waals surface area contributed by atoms with Gasteiger partial charge >= 0.3 is 11.1 Å². The molecule has 1 aromatic carbocycles. The van der Waals surface area contributed by atoms with Gasteiger partial charge in [0.05, 0.1) is 15.9 Å². The summed E-state index contributed by atoms with van der Waals surface area (Å²) in [6.07, 6.45) is 1.09. The van der Waals surface area contributed by atoms with Crippen LogP contribution >= 0.6 is 0 Å². The average molecular weight is 254 g/mol. The van der Waals surface area contributed by atoms with E-state index in [9.17, 15) is 18.0 Å². The van der Waals surface area contributed by atoms with Crippen molar-refractivity contribution in [1.82, 2.24) is 9.97 Å². The molecule has 0 aliphatic heterocycles. The van der Waals surface area contributed by atoms with Gasteiger partial charge in [0.15, 0.2) is 9.84 Å². The Kier molecular flexibility index (Phi) is 2.43. The van der Waals surface area contributed by atoms with Crippen LogP contribution < -0.4 is 11.1 Å². The van der Waals surface area contributed by atoms with Crippen LogP contribution in [-0.2, 0) is 9.84 Å². The van der Waals surface area contributed by atoms with Crippen molar-refractivity contribution in [2.75, 3.05) is 6.26 Å². The van der Waals surface area contributed by atoms with E-state index in [4.69, 9.17) is 0 Å². The number of H-pyrrole nitrogens is 2. The number of hydrogen-bond acceptors (Lipinski definition) is 4. The first-order chi connectivity index (χ1) is 7.79. The molecule has 90 valence electrons. The first-order valence-corrected chi connectivity index (χ1v) is 6.65. The lowest BCUT2D eigenvalue weighted by Gasteiger charge is -2.05. The van der Waals surface area contributed by atoms with Gasteiger partial charge in [-0.1, -0.05) is 0 Å². The number of nitrogens with one attached hydrogen (secondary N) is 2. The van der Waals surface area contributed by atoms with Crippen LogP contribution in [0.4, 0.5) is 0 Å². The number of hydrogen-bond donors (Lipinski definition) is 2. The van der Waals surface area contributed by atoms with E-state index in [0.717, 1.165) is 6.26 Å². The van der Waals surface area contributed by atoms with Crippen LogP contribution in [0.25, 0.3) is 11.0 Å². The van der Waals surface area contributed by atoms with Gasteiger partial charge in [0.2, 0.25) is 0 Å². The topological polar surface area (TPSA) is 99.9 Å². The molecule has 0 spiro atoms. The number of sulfone groups is 1. The van der Waals surface area contributed by atoms with Gasteiger partial charge < -0.3 is 9.97 Å². The summed E-state index contributed by atoms with van der Waals surface area (Å²) in [4.78, 5) is 27.1. The van der Waals surface area contributed by atoms with E-state index in [2.05, 4.69) is 9.97 Å². The summed E-state index contributed by atoms with van der Waals surface area (Å²) in [6, 6.07) is 2.86. The fourth-order valence-corrected chi connectivity index (χ4v) is 2.63. The molecule has 2 aromatic rings. The van der Waals surface area contributed by atoms with Gasteiger partial charge in [0.25, 0.3) is 0 Å². The fourth-order valence-electron chi connectivity index (χ4n) is 1.65. The summed E-state index contributed by atoms with van der Waals surface area (Å²) in [5.41, 5.74) is -0.354. The molecule has 1 heterocycles. The van der Waals surface area contributed by atoms with E-state index in [1.54, 1.807) is 6.92 Å². The Morgan fingerprint density at radius 2 is 1.47 bits per heavy atom. The first kappa shape index (κ1) is 11.6. The second-order valence-corrected chi connectivity index (χ2v) is 5.83. The summed E-state index contributed by atoms with van der Waals surface area (Å²) in [6.45, 7) is 1.62. The van der Waals surface area contributed by atoms with Gasteiger partial charge in [0, 0.05) is 6.26 Å². The Hall–Kier alpha value is -1.89. The van der Waals surface area contributed by atoms with Crippen molar-refractivity contribution in [2.45, 2.75) is 11.8 Å². The highest BCUT2D eigenvalue weighted by Gasteiger charge is 2.12. The van der Waals surface area contributed by atoms with Crippen molar-refractivity contribution in [3.05, 3.63) is 38.4 Å². The van der Waals surface area contributed by atoms with Gasteiger partial charge in [-0.2, -0.15) is 0 Å². The first-order valence-electron chi connectivity index (χ1n) is 4.76. The maximum atomic E-state index is 11.5. The summed E-state index contributed by atoms with van der Waals surface area (Å²) in [7, 11) is -3.36. The Balaban J connectivity index is 2.96. The lowest BCUT2D eigenvalue weighted by molar-refractivity contribution is 0.601. The third kappa shape index (κ3) is 2.01. The highest BCUT2D eigenvalue weighted by atomic mass is 32.2. The number of benzene rings is 1. The van der Waals surface area contributed by atoms with E-state index in [0.29, 0.717) is 16.6 Å². The molecule has 0 aliphatic rings. The largest absolute Gasteiger partial charge is 0.316 e. The number of aromatic amines is 2. The van der Waals surface area contributed by atoms with Gasteiger partial charge in [-0.05, 0) is 24.6 Å². The molecular formula is C10H10N2O4S. The molecule has 2 N–H and O–H groups in total. The van der Waals surface area contributed by atoms with Crippen molar-refractivity contribution in [1.29, 1.82) is 0 Å². The summed E-state index contributed by atoms with van der Waals surface area (Å²) >= 11 is 0. The second kappa shape index (κ2) is 3.56. The minimum atomic E-state index is -3.36. The summed E-state index contributed by atoms with van der Waals surface area (Å²) < 4.78 is 23.0. The van der Waals surface area contributed by atoms with Crippen molar-refractivity contribution >= 4 is 20.9 Å². The third-order valence-corrected chi connectivity index (χ3v) is 3.66. The zero-order chi connectivity index (χ0) is 12.8. The predicted molar refractivity (Wildman–Crippen MR) is 63.0 cm³/mol. The maximum Gasteiger partial charge on any atom is 0.314 e. The molecule has 1 aromatic heterocycles. The SMILES string of the molecule is Cc1cc2[nH]c(=O)c(=O)[nH]c2cc1S(C)(=O)=O. The van der Waals surface area contributed by atoms with Crippen LogP contribution in [0.15, 0.2) is 26.6 Å². The smallest absolute Gasteiger partial charge is 0.314 e.